The largest absolute Gasteiger partial charge is 0.492 e. The highest BCUT2D eigenvalue weighted by Crippen LogP contribution is 2.35. The predicted octanol–water partition coefficient (Wildman–Crippen LogP) is 2.46. The van der Waals surface area contributed by atoms with Crippen LogP contribution in [-0.4, -0.2) is 25.2 Å². The summed E-state index contributed by atoms with van der Waals surface area (Å²) >= 11 is 0. The van der Waals surface area contributed by atoms with Gasteiger partial charge in [-0.25, -0.2) is 0 Å². The van der Waals surface area contributed by atoms with Gasteiger partial charge < -0.3 is 20.1 Å². The molecular weight excluding hydrogens is 280 g/mol. The van der Waals surface area contributed by atoms with Crippen molar-refractivity contribution in [2.45, 2.75) is 13.0 Å². The summed E-state index contributed by atoms with van der Waals surface area (Å²) < 4.78 is 11.3. The molecule has 0 fully saturated rings. The molecule has 1 amide bonds. The number of hydrogen-bond acceptors (Lipinski definition) is 4. The topological polar surface area (TPSA) is 64.8 Å². The van der Waals surface area contributed by atoms with Crippen LogP contribution in [0.2, 0.25) is 0 Å². The van der Waals surface area contributed by atoms with E-state index in [4.69, 9.17) is 15.2 Å². The summed E-state index contributed by atoms with van der Waals surface area (Å²) in [4.78, 5) is 14.0. The Balaban J connectivity index is 1.74. The van der Waals surface area contributed by atoms with Crippen LogP contribution in [0.5, 0.6) is 11.5 Å². The van der Waals surface area contributed by atoms with Gasteiger partial charge in [0.15, 0.2) is 6.10 Å². The van der Waals surface area contributed by atoms with Crippen LogP contribution in [0.3, 0.4) is 0 Å². The first kappa shape index (κ1) is 14.3. The van der Waals surface area contributed by atoms with Crippen molar-refractivity contribution in [3.05, 3.63) is 48.5 Å². The second kappa shape index (κ2) is 5.97. The minimum absolute atomic E-state index is 0.0882. The summed E-state index contributed by atoms with van der Waals surface area (Å²) in [6.45, 7) is 2.58. The Hall–Kier alpha value is -2.69. The molecule has 0 saturated carbocycles. The van der Waals surface area contributed by atoms with Gasteiger partial charge in [-0.1, -0.05) is 18.2 Å². The number of fused-ring (bicyclic) bond motifs is 1. The summed E-state index contributed by atoms with van der Waals surface area (Å²) in [7, 11) is 0. The molecule has 3 rings (SSSR count). The molecule has 1 heterocycles. The van der Waals surface area contributed by atoms with E-state index in [0.29, 0.717) is 30.3 Å². The predicted molar refractivity (Wildman–Crippen MR) is 85.2 cm³/mol. The molecular formula is C17H18N2O3. The van der Waals surface area contributed by atoms with Gasteiger partial charge in [0, 0.05) is 5.69 Å². The van der Waals surface area contributed by atoms with Crippen molar-refractivity contribution in [1.29, 1.82) is 0 Å². The molecule has 2 aromatic rings. The highest BCUT2D eigenvalue weighted by molar-refractivity contribution is 6.00. The van der Waals surface area contributed by atoms with Crippen LogP contribution in [0, 0.1) is 0 Å². The van der Waals surface area contributed by atoms with E-state index in [-0.39, 0.29) is 5.91 Å². The summed E-state index contributed by atoms with van der Waals surface area (Å²) in [5, 5.41) is 0. The molecule has 0 saturated heterocycles. The fraction of sp³-hybridized carbons (Fsp3) is 0.235. The summed E-state index contributed by atoms with van der Waals surface area (Å²) in [5.41, 5.74) is 7.11. The van der Waals surface area contributed by atoms with Crippen LogP contribution in [0.15, 0.2) is 48.5 Å². The molecule has 5 nitrogen and oxygen atoms in total. The minimum Gasteiger partial charge on any atom is -0.492 e. The van der Waals surface area contributed by atoms with Crippen LogP contribution in [0.1, 0.15) is 6.92 Å². The maximum Gasteiger partial charge on any atom is 0.267 e. The third-order valence-electron chi connectivity index (χ3n) is 3.52. The number of para-hydroxylation sites is 1. The number of rotatable bonds is 4. The summed E-state index contributed by atoms with van der Waals surface area (Å²) in [6.07, 6.45) is -0.507. The van der Waals surface area contributed by atoms with Gasteiger partial charge in [-0.2, -0.15) is 0 Å². The van der Waals surface area contributed by atoms with Gasteiger partial charge >= 0.3 is 0 Å². The van der Waals surface area contributed by atoms with Gasteiger partial charge in [0.25, 0.3) is 5.91 Å². The van der Waals surface area contributed by atoms with Gasteiger partial charge in [-0.15, -0.1) is 0 Å². The van der Waals surface area contributed by atoms with Gasteiger partial charge in [0.1, 0.15) is 18.1 Å². The van der Waals surface area contributed by atoms with Crippen molar-refractivity contribution < 1.29 is 14.3 Å². The Morgan fingerprint density at radius 3 is 2.77 bits per heavy atom. The monoisotopic (exact) mass is 298 g/mol. The number of nitrogens with two attached hydrogens (primary N) is 1. The number of amides is 1. The molecule has 114 valence electrons. The lowest BCUT2D eigenvalue weighted by Crippen LogP contribution is -2.46. The molecule has 2 aromatic carbocycles. The van der Waals surface area contributed by atoms with E-state index >= 15 is 0 Å². The average Bonchev–Trinajstić information content (AvgIpc) is 2.53. The van der Waals surface area contributed by atoms with E-state index in [2.05, 4.69) is 0 Å². The van der Waals surface area contributed by atoms with Crippen molar-refractivity contribution in [2.24, 2.45) is 0 Å². The second-order valence-electron chi connectivity index (χ2n) is 5.14. The molecule has 5 heteroatoms. The number of nitrogen functional groups attached to an aromatic ring is 1. The van der Waals surface area contributed by atoms with E-state index in [1.807, 2.05) is 30.3 Å². The summed E-state index contributed by atoms with van der Waals surface area (Å²) in [5.74, 6) is 1.36. The molecule has 22 heavy (non-hydrogen) atoms. The Morgan fingerprint density at radius 1 is 1.23 bits per heavy atom. The van der Waals surface area contributed by atoms with Crippen LogP contribution < -0.4 is 20.1 Å². The number of carbonyl (C=O) groups is 1. The van der Waals surface area contributed by atoms with Crippen molar-refractivity contribution in [1.82, 2.24) is 0 Å². The Morgan fingerprint density at radius 2 is 2.00 bits per heavy atom. The zero-order valence-corrected chi connectivity index (χ0v) is 12.4. The van der Waals surface area contributed by atoms with Crippen molar-refractivity contribution in [3.8, 4) is 11.5 Å². The van der Waals surface area contributed by atoms with Crippen molar-refractivity contribution in [2.75, 3.05) is 23.8 Å². The minimum atomic E-state index is -0.507. The zero-order valence-electron chi connectivity index (χ0n) is 12.4. The lowest BCUT2D eigenvalue weighted by Gasteiger charge is -2.33. The van der Waals surface area contributed by atoms with Gasteiger partial charge in [-0.3, -0.25) is 4.79 Å². The van der Waals surface area contributed by atoms with Crippen molar-refractivity contribution in [3.63, 3.8) is 0 Å². The zero-order chi connectivity index (χ0) is 15.5. The van der Waals surface area contributed by atoms with E-state index < -0.39 is 6.10 Å². The smallest absolute Gasteiger partial charge is 0.267 e. The standard InChI is InChI=1S/C17H18N2O3/c1-12-17(20)19(9-10-21-14-5-3-2-4-6-14)15-11-13(18)7-8-16(15)22-12/h2-8,11-12H,9-10,18H2,1H3/t12-/m0/s1. The fourth-order valence-electron chi connectivity index (χ4n) is 2.43. The first-order valence-corrected chi connectivity index (χ1v) is 7.20. The van der Waals surface area contributed by atoms with Crippen LogP contribution in [0.4, 0.5) is 11.4 Å². The normalized spacial score (nSPS) is 16.9. The molecule has 0 bridgehead atoms. The molecule has 0 aliphatic carbocycles. The quantitative estimate of drug-likeness (QED) is 0.881. The number of anilines is 2. The average molecular weight is 298 g/mol. The Kier molecular flexibility index (Phi) is 3.87. The van der Waals surface area contributed by atoms with E-state index in [0.717, 1.165) is 5.75 Å². The van der Waals surface area contributed by atoms with Gasteiger partial charge in [0.05, 0.1) is 12.2 Å². The van der Waals surface area contributed by atoms with E-state index in [1.165, 1.54) is 0 Å². The van der Waals surface area contributed by atoms with Crippen LogP contribution in [-0.2, 0) is 4.79 Å². The van der Waals surface area contributed by atoms with E-state index in [1.54, 1.807) is 30.0 Å². The summed E-state index contributed by atoms with van der Waals surface area (Å²) in [6, 6.07) is 14.8. The maximum atomic E-state index is 12.3. The van der Waals surface area contributed by atoms with Crippen LogP contribution >= 0.6 is 0 Å². The third kappa shape index (κ3) is 2.83. The molecule has 1 aliphatic heterocycles. The molecule has 1 aliphatic rings. The molecule has 0 unspecified atom stereocenters. The third-order valence-corrected chi connectivity index (χ3v) is 3.52. The highest BCUT2D eigenvalue weighted by atomic mass is 16.5. The fourth-order valence-corrected chi connectivity index (χ4v) is 2.43. The lowest BCUT2D eigenvalue weighted by molar-refractivity contribution is -0.125. The molecule has 2 N–H and O–H groups in total. The van der Waals surface area contributed by atoms with Crippen molar-refractivity contribution >= 4 is 17.3 Å². The Labute approximate surface area is 129 Å². The first-order chi connectivity index (χ1) is 10.6. The van der Waals surface area contributed by atoms with Gasteiger partial charge in [-0.05, 0) is 37.3 Å². The number of ether oxygens (including phenoxy) is 2. The molecule has 0 spiro atoms. The maximum absolute atomic E-state index is 12.3. The first-order valence-electron chi connectivity index (χ1n) is 7.20. The number of nitrogens with zero attached hydrogens (tertiary/aromatic N) is 1. The number of hydrogen-bond donors (Lipinski definition) is 1. The number of benzene rings is 2. The Bertz CT molecular complexity index is 673. The van der Waals surface area contributed by atoms with Crippen LogP contribution in [0.25, 0.3) is 0 Å². The second-order valence-corrected chi connectivity index (χ2v) is 5.14. The molecule has 0 aromatic heterocycles. The number of carbonyl (C=O) groups excluding carboxylic acids is 1. The van der Waals surface area contributed by atoms with E-state index in [9.17, 15) is 4.79 Å². The molecule has 0 radical (unpaired) electrons. The highest BCUT2D eigenvalue weighted by Gasteiger charge is 2.31. The SMILES string of the molecule is C[C@@H]1Oc2ccc(N)cc2N(CCOc2ccccc2)C1=O. The van der Waals surface area contributed by atoms with Gasteiger partial charge in [0.2, 0.25) is 0 Å². The lowest BCUT2D eigenvalue weighted by atomic mass is 10.1. The molecule has 1 atom stereocenters.